The zero-order valence-electron chi connectivity index (χ0n) is 32.1. The lowest BCUT2D eigenvalue weighted by Crippen LogP contribution is -2.28. The van der Waals surface area contributed by atoms with Gasteiger partial charge in [0.25, 0.3) is 0 Å². The highest BCUT2D eigenvalue weighted by Crippen LogP contribution is 2.57. The van der Waals surface area contributed by atoms with Gasteiger partial charge in [-0.2, -0.15) is 0 Å². The summed E-state index contributed by atoms with van der Waals surface area (Å²) < 4.78 is 3.63. The largest absolute Gasteiger partial charge is 0.309 e. The van der Waals surface area contributed by atoms with E-state index in [1.54, 1.807) is 0 Å². The second kappa shape index (κ2) is 13.3. The van der Waals surface area contributed by atoms with Gasteiger partial charge in [0, 0.05) is 26.3 Å². The van der Waals surface area contributed by atoms with E-state index in [1.165, 1.54) is 99.0 Å². The Labute approximate surface area is 351 Å². The van der Waals surface area contributed by atoms with Crippen molar-refractivity contribution in [2.75, 3.05) is 0 Å². The zero-order chi connectivity index (χ0) is 39.1. The third-order valence-corrected chi connectivity index (χ3v) is 13.3. The van der Waals surface area contributed by atoms with Gasteiger partial charge in [-0.25, -0.2) is 0 Å². The first-order valence-electron chi connectivity index (χ1n) is 20.3. The topological polar surface area (TPSA) is 4.93 Å². The predicted molar refractivity (Wildman–Crippen MR) is 252 cm³/mol. The molecule has 1 aliphatic rings. The highest BCUT2D eigenvalue weighted by molar-refractivity contribution is 9.10. The molecule has 12 rings (SSSR count). The van der Waals surface area contributed by atoms with Gasteiger partial charge < -0.3 is 4.57 Å². The molecule has 11 aromatic rings. The lowest BCUT2D eigenvalue weighted by Gasteiger charge is -2.33. The summed E-state index contributed by atoms with van der Waals surface area (Å²) in [5.74, 6) is 0. The van der Waals surface area contributed by atoms with E-state index in [9.17, 15) is 0 Å². The number of halogens is 1. The third-order valence-electron chi connectivity index (χ3n) is 12.7. The molecule has 1 aromatic heterocycles. The number of rotatable bonds is 5. The number of benzene rings is 10. The van der Waals surface area contributed by atoms with Gasteiger partial charge in [0.2, 0.25) is 0 Å². The molecular weight excluding hydrogens is 779 g/mol. The monoisotopic (exact) mass is 813 g/mol. The van der Waals surface area contributed by atoms with Crippen LogP contribution < -0.4 is 0 Å². The van der Waals surface area contributed by atoms with Crippen LogP contribution in [0.4, 0.5) is 0 Å². The Hall–Kier alpha value is -7.00. The summed E-state index contributed by atoms with van der Waals surface area (Å²) in [5, 5.41) is 7.50. The molecule has 276 valence electrons. The second-order valence-electron chi connectivity index (χ2n) is 15.7. The molecule has 0 saturated heterocycles. The zero-order valence-corrected chi connectivity index (χ0v) is 33.7. The normalized spacial score (nSPS) is 13.0. The standard InChI is InChI=1S/C57H36BrN/c58-41-30-27-38(28-31-41)43-20-9-10-22-45(43)50-36-54-55(48-25-12-11-23-46(48)50)49-33-29-37-15-7-8-21-44(37)56(49)59(54)42-32-34-53-51(35-42)47-24-13-14-26-52(47)57(53,39-16-3-1-4-17-39)40-18-5-2-6-19-40/h1-36H. The SMILES string of the molecule is Brc1ccc(-c2ccccc2-c2cc3c(c4ccccc24)c2ccc4ccccc4c2n3-c2ccc3c(c2)-c2ccccc2C3(c2ccccc2)c2ccccc2)cc1. The molecule has 1 nitrogen and oxygen atoms in total. The van der Waals surface area contributed by atoms with Gasteiger partial charge in [0.15, 0.2) is 0 Å². The van der Waals surface area contributed by atoms with Crippen LogP contribution in [-0.4, -0.2) is 4.57 Å². The first-order valence-corrected chi connectivity index (χ1v) is 21.1. The van der Waals surface area contributed by atoms with Crippen molar-refractivity contribution in [2.45, 2.75) is 5.41 Å². The van der Waals surface area contributed by atoms with Gasteiger partial charge in [-0.05, 0) is 102 Å². The minimum atomic E-state index is -0.458. The van der Waals surface area contributed by atoms with E-state index < -0.39 is 5.41 Å². The van der Waals surface area contributed by atoms with Gasteiger partial charge in [0.1, 0.15) is 0 Å². The van der Waals surface area contributed by atoms with E-state index >= 15 is 0 Å². The molecule has 10 aromatic carbocycles. The molecule has 1 aliphatic carbocycles. The number of hydrogen-bond donors (Lipinski definition) is 0. The highest BCUT2D eigenvalue weighted by atomic mass is 79.9. The van der Waals surface area contributed by atoms with Crippen LogP contribution in [0.2, 0.25) is 0 Å². The van der Waals surface area contributed by atoms with Crippen molar-refractivity contribution in [3.8, 4) is 39.1 Å². The van der Waals surface area contributed by atoms with Crippen molar-refractivity contribution in [2.24, 2.45) is 0 Å². The molecule has 59 heavy (non-hydrogen) atoms. The first kappa shape index (κ1) is 34.1. The molecular formula is C57H36BrN. The summed E-state index contributed by atoms with van der Waals surface area (Å²) in [6, 6.07) is 80.9. The summed E-state index contributed by atoms with van der Waals surface area (Å²) in [6.45, 7) is 0. The van der Waals surface area contributed by atoms with Crippen molar-refractivity contribution >= 4 is 59.3 Å². The van der Waals surface area contributed by atoms with Gasteiger partial charge in [-0.1, -0.05) is 204 Å². The first-order chi connectivity index (χ1) is 29.2. The van der Waals surface area contributed by atoms with Crippen molar-refractivity contribution in [1.29, 1.82) is 0 Å². The van der Waals surface area contributed by atoms with E-state index in [1.807, 2.05) is 0 Å². The molecule has 0 atom stereocenters. The predicted octanol–water partition coefficient (Wildman–Crippen LogP) is 15.5. The lowest BCUT2D eigenvalue weighted by molar-refractivity contribution is 0.768. The average Bonchev–Trinajstić information content (AvgIpc) is 3.80. The summed E-state index contributed by atoms with van der Waals surface area (Å²) in [5.41, 5.74) is 15.7. The average molecular weight is 815 g/mol. The van der Waals surface area contributed by atoms with E-state index in [0.29, 0.717) is 0 Å². The Morgan fingerprint density at radius 2 is 0.966 bits per heavy atom. The van der Waals surface area contributed by atoms with Gasteiger partial charge in [-0.15, -0.1) is 0 Å². The van der Waals surface area contributed by atoms with Crippen molar-refractivity contribution in [3.05, 3.63) is 245 Å². The van der Waals surface area contributed by atoms with Crippen LogP contribution in [0.1, 0.15) is 22.3 Å². The third kappa shape index (κ3) is 4.97. The smallest absolute Gasteiger partial charge is 0.0713 e. The fourth-order valence-electron chi connectivity index (χ4n) is 10.3. The molecule has 0 fully saturated rings. The molecule has 0 amide bonds. The maximum Gasteiger partial charge on any atom is 0.0713 e. The molecule has 0 bridgehead atoms. The molecule has 2 heteroatoms. The van der Waals surface area contributed by atoms with Crippen molar-refractivity contribution < 1.29 is 0 Å². The molecule has 0 spiro atoms. The van der Waals surface area contributed by atoms with Gasteiger partial charge in [0.05, 0.1) is 16.4 Å². The Bertz CT molecular complexity index is 3390. The minimum absolute atomic E-state index is 0.458. The molecule has 0 aliphatic heterocycles. The molecule has 0 unspecified atom stereocenters. The van der Waals surface area contributed by atoms with E-state index in [-0.39, 0.29) is 0 Å². The quantitative estimate of drug-likeness (QED) is 0.163. The lowest BCUT2D eigenvalue weighted by atomic mass is 9.68. The van der Waals surface area contributed by atoms with Crippen molar-refractivity contribution in [3.63, 3.8) is 0 Å². The van der Waals surface area contributed by atoms with Gasteiger partial charge in [-0.3, -0.25) is 0 Å². The number of nitrogens with zero attached hydrogens (tertiary/aromatic N) is 1. The van der Waals surface area contributed by atoms with Crippen LogP contribution in [0.5, 0.6) is 0 Å². The Morgan fingerprint density at radius 3 is 1.71 bits per heavy atom. The van der Waals surface area contributed by atoms with Crippen LogP contribution >= 0.6 is 15.9 Å². The van der Waals surface area contributed by atoms with Crippen molar-refractivity contribution in [1.82, 2.24) is 4.57 Å². The fraction of sp³-hybridized carbons (Fsp3) is 0.0175. The number of aromatic nitrogens is 1. The second-order valence-corrected chi connectivity index (χ2v) is 16.6. The number of fused-ring (bicyclic) bond motifs is 10. The summed E-state index contributed by atoms with van der Waals surface area (Å²) in [7, 11) is 0. The minimum Gasteiger partial charge on any atom is -0.309 e. The summed E-state index contributed by atoms with van der Waals surface area (Å²) in [4.78, 5) is 0. The Morgan fingerprint density at radius 1 is 0.373 bits per heavy atom. The van der Waals surface area contributed by atoms with Crippen LogP contribution in [0, 0.1) is 0 Å². The fourth-order valence-corrected chi connectivity index (χ4v) is 10.6. The van der Waals surface area contributed by atoms with Crippen LogP contribution in [-0.2, 0) is 5.41 Å². The molecule has 1 heterocycles. The highest BCUT2D eigenvalue weighted by Gasteiger charge is 2.46. The maximum absolute atomic E-state index is 3.66. The van der Waals surface area contributed by atoms with E-state index in [4.69, 9.17) is 0 Å². The summed E-state index contributed by atoms with van der Waals surface area (Å²) >= 11 is 3.66. The van der Waals surface area contributed by atoms with Gasteiger partial charge >= 0.3 is 0 Å². The number of hydrogen-bond acceptors (Lipinski definition) is 0. The Balaban J connectivity index is 1.21. The molecule has 0 radical (unpaired) electrons. The maximum atomic E-state index is 3.66. The van der Waals surface area contributed by atoms with Crippen LogP contribution in [0.3, 0.4) is 0 Å². The molecule has 0 N–H and O–H groups in total. The summed E-state index contributed by atoms with van der Waals surface area (Å²) in [6.07, 6.45) is 0. The van der Waals surface area contributed by atoms with E-state index in [2.05, 4.69) is 239 Å². The van der Waals surface area contributed by atoms with E-state index in [0.717, 1.165) is 10.2 Å². The Kier molecular flexibility index (Phi) is 7.67. The van der Waals surface area contributed by atoms with Crippen LogP contribution in [0.25, 0.3) is 82.4 Å². The van der Waals surface area contributed by atoms with Crippen LogP contribution in [0.15, 0.2) is 223 Å². The molecule has 0 saturated carbocycles.